The van der Waals surface area contributed by atoms with Crippen molar-refractivity contribution in [1.82, 2.24) is 14.5 Å². The number of nitrogens with zero attached hydrogens (tertiary/aromatic N) is 3. The number of ketones is 2. The molecule has 3 heterocycles. The van der Waals surface area contributed by atoms with Crippen LogP contribution in [0, 0.1) is 12.8 Å². The van der Waals surface area contributed by atoms with E-state index in [4.69, 9.17) is 4.42 Å². The number of hydrogen-bond donors (Lipinski definition) is 0. The van der Waals surface area contributed by atoms with Crippen molar-refractivity contribution in [1.29, 1.82) is 0 Å². The lowest BCUT2D eigenvalue weighted by Gasteiger charge is -2.32. The minimum Gasteiger partial charge on any atom is -0.465 e. The summed E-state index contributed by atoms with van der Waals surface area (Å²) in [5, 5.41) is 0. The number of Topliss-reactive ketones (excluding diaryl/α,β-unsaturated/α-hetero) is 2. The molecule has 7 nitrogen and oxygen atoms in total. The number of amides is 1. The molecule has 1 amide bonds. The molecule has 1 aliphatic carbocycles. The molecule has 27 heavy (non-hydrogen) atoms. The molecule has 1 saturated heterocycles. The van der Waals surface area contributed by atoms with Gasteiger partial charge in [0.1, 0.15) is 11.5 Å². The van der Waals surface area contributed by atoms with Gasteiger partial charge in [0.2, 0.25) is 5.78 Å². The van der Waals surface area contributed by atoms with Gasteiger partial charge in [-0.2, -0.15) is 0 Å². The zero-order valence-electron chi connectivity index (χ0n) is 15.7. The van der Waals surface area contributed by atoms with Crippen LogP contribution in [0.2, 0.25) is 0 Å². The van der Waals surface area contributed by atoms with E-state index in [1.54, 1.807) is 35.8 Å². The first-order chi connectivity index (χ1) is 13.0. The summed E-state index contributed by atoms with van der Waals surface area (Å²) in [6.07, 6.45) is 6.73. The van der Waals surface area contributed by atoms with E-state index in [-0.39, 0.29) is 23.4 Å². The standard InChI is InChI=1S/C20H23N3O4/c1-12-16(17-14(24)6-3-7-15(17)27-12)20(26)23-9-4-5-13(11-23)18(25)19-21-8-10-22(19)2/h8,10,13H,3-7,9,11H2,1-2H3. The third kappa shape index (κ3) is 3.01. The molecule has 0 N–H and O–H groups in total. The summed E-state index contributed by atoms with van der Waals surface area (Å²) < 4.78 is 7.43. The molecule has 0 radical (unpaired) electrons. The molecule has 0 bridgehead atoms. The Morgan fingerprint density at radius 2 is 2.07 bits per heavy atom. The van der Waals surface area contributed by atoms with E-state index in [1.807, 2.05) is 0 Å². The van der Waals surface area contributed by atoms with Gasteiger partial charge in [-0.15, -0.1) is 0 Å². The number of rotatable bonds is 3. The van der Waals surface area contributed by atoms with Crippen LogP contribution in [0.5, 0.6) is 0 Å². The predicted molar refractivity (Wildman–Crippen MR) is 96.9 cm³/mol. The number of fused-ring (bicyclic) bond motifs is 1. The monoisotopic (exact) mass is 369 g/mol. The van der Waals surface area contributed by atoms with Crippen molar-refractivity contribution in [3.63, 3.8) is 0 Å². The van der Waals surface area contributed by atoms with E-state index >= 15 is 0 Å². The van der Waals surface area contributed by atoms with Gasteiger partial charge in [-0.25, -0.2) is 4.98 Å². The van der Waals surface area contributed by atoms with Gasteiger partial charge in [-0.3, -0.25) is 14.4 Å². The Balaban J connectivity index is 1.58. The quantitative estimate of drug-likeness (QED) is 0.776. The molecule has 0 spiro atoms. The van der Waals surface area contributed by atoms with E-state index in [1.165, 1.54) is 0 Å². The van der Waals surface area contributed by atoms with E-state index in [0.29, 0.717) is 54.4 Å². The Labute approximate surface area is 157 Å². The molecule has 7 heteroatoms. The topological polar surface area (TPSA) is 85.4 Å². The number of likely N-dealkylation sites (tertiary alicyclic amines) is 1. The maximum Gasteiger partial charge on any atom is 0.258 e. The highest BCUT2D eigenvalue weighted by molar-refractivity contribution is 6.10. The first-order valence-corrected chi connectivity index (χ1v) is 9.43. The second-order valence-corrected chi connectivity index (χ2v) is 7.42. The van der Waals surface area contributed by atoms with E-state index in [9.17, 15) is 14.4 Å². The van der Waals surface area contributed by atoms with Gasteiger partial charge >= 0.3 is 0 Å². The highest BCUT2D eigenvalue weighted by Gasteiger charge is 2.36. The number of furan rings is 1. The number of carbonyl (C=O) groups is 3. The SMILES string of the molecule is Cc1oc2c(c1C(=O)N1CCCC(C(=O)c3nccn3C)C1)C(=O)CCC2. The van der Waals surface area contributed by atoms with E-state index in [2.05, 4.69) is 4.98 Å². The van der Waals surface area contributed by atoms with Gasteiger partial charge in [0, 0.05) is 51.3 Å². The van der Waals surface area contributed by atoms with Crippen LogP contribution < -0.4 is 0 Å². The fourth-order valence-corrected chi connectivity index (χ4v) is 4.18. The number of hydrogen-bond acceptors (Lipinski definition) is 5. The molecule has 2 aromatic heterocycles. The Kier molecular flexibility index (Phi) is 4.45. The minimum absolute atomic E-state index is 0.0194. The zero-order chi connectivity index (χ0) is 19.1. The lowest BCUT2D eigenvalue weighted by atomic mass is 9.90. The van der Waals surface area contributed by atoms with Crippen LogP contribution in [0.1, 0.15) is 68.5 Å². The molecule has 1 atom stereocenters. The molecule has 4 rings (SSSR count). The molecule has 0 aromatic carbocycles. The minimum atomic E-state index is -0.275. The molecule has 1 aliphatic heterocycles. The first kappa shape index (κ1) is 17.7. The lowest BCUT2D eigenvalue weighted by Crippen LogP contribution is -2.43. The first-order valence-electron chi connectivity index (χ1n) is 9.43. The summed E-state index contributed by atoms with van der Waals surface area (Å²) in [7, 11) is 1.79. The number of carbonyl (C=O) groups excluding carboxylic acids is 3. The lowest BCUT2D eigenvalue weighted by molar-refractivity contribution is 0.0628. The van der Waals surface area contributed by atoms with Gasteiger partial charge in [-0.1, -0.05) is 0 Å². The maximum absolute atomic E-state index is 13.2. The average molecular weight is 369 g/mol. The summed E-state index contributed by atoms with van der Waals surface area (Å²) in [5.74, 6) is 1.01. The second kappa shape index (κ2) is 6.79. The summed E-state index contributed by atoms with van der Waals surface area (Å²) in [4.78, 5) is 44.2. The molecule has 0 saturated carbocycles. The molecular weight excluding hydrogens is 346 g/mol. The van der Waals surface area contributed by atoms with Gasteiger partial charge in [0.25, 0.3) is 5.91 Å². The Morgan fingerprint density at radius 3 is 2.81 bits per heavy atom. The summed E-state index contributed by atoms with van der Waals surface area (Å²) >= 11 is 0. The fourth-order valence-electron chi connectivity index (χ4n) is 4.18. The largest absolute Gasteiger partial charge is 0.465 e. The van der Waals surface area contributed by atoms with Crippen LogP contribution in [0.3, 0.4) is 0 Å². The van der Waals surface area contributed by atoms with Crippen LogP contribution in [-0.4, -0.2) is 45.0 Å². The van der Waals surface area contributed by atoms with Crippen LogP contribution in [-0.2, 0) is 13.5 Å². The zero-order valence-corrected chi connectivity index (χ0v) is 15.7. The van der Waals surface area contributed by atoms with Crippen molar-refractivity contribution in [3.05, 3.63) is 40.9 Å². The second-order valence-electron chi connectivity index (χ2n) is 7.42. The molecule has 142 valence electrons. The van der Waals surface area contributed by atoms with Crippen LogP contribution in [0.25, 0.3) is 0 Å². The van der Waals surface area contributed by atoms with Crippen molar-refractivity contribution in [2.24, 2.45) is 13.0 Å². The van der Waals surface area contributed by atoms with Gasteiger partial charge in [-0.05, 0) is 26.2 Å². The van der Waals surface area contributed by atoms with Crippen LogP contribution in [0.15, 0.2) is 16.8 Å². The van der Waals surface area contributed by atoms with Crippen molar-refractivity contribution in [2.45, 2.75) is 39.0 Å². The third-order valence-corrected chi connectivity index (χ3v) is 5.58. The van der Waals surface area contributed by atoms with Crippen LogP contribution in [0.4, 0.5) is 0 Å². The predicted octanol–water partition coefficient (Wildman–Crippen LogP) is 2.58. The molecule has 2 aromatic rings. The van der Waals surface area contributed by atoms with Crippen molar-refractivity contribution >= 4 is 17.5 Å². The van der Waals surface area contributed by atoms with Crippen molar-refractivity contribution in [2.75, 3.05) is 13.1 Å². The molecule has 1 unspecified atom stereocenters. The van der Waals surface area contributed by atoms with Gasteiger partial charge in [0.05, 0.1) is 11.1 Å². The summed E-state index contributed by atoms with van der Waals surface area (Å²) in [6, 6.07) is 0. The number of piperidine rings is 1. The highest BCUT2D eigenvalue weighted by Crippen LogP contribution is 2.31. The number of aryl methyl sites for hydroxylation is 3. The van der Waals surface area contributed by atoms with Crippen molar-refractivity contribution in [3.8, 4) is 0 Å². The molecular formula is C20H23N3O4. The highest BCUT2D eigenvalue weighted by atomic mass is 16.3. The van der Waals surface area contributed by atoms with Crippen molar-refractivity contribution < 1.29 is 18.8 Å². The molecule has 1 fully saturated rings. The normalized spacial score (nSPS) is 19.9. The van der Waals surface area contributed by atoms with E-state index < -0.39 is 0 Å². The number of aromatic nitrogens is 2. The average Bonchev–Trinajstić information content (AvgIpc) is 3.24. The fraction of sp³-hybridized carbons (Fsp3) is 0.500. The number of imidazole rings is 1. The Bertz CT molecular complexity index is 924. The van der Waals surface area contributed by atoms with Crippen LogP contribution >= 0.6 is 0 Å². The Hall–Kier alpha value is -2.70. The van der Waals surface area contributed by atoms with E-state index in [0.717, 1.165) is 19.3 Å². The third-order valence-electron chi connectivity index (χ3n) is 5.58. The smallest absolute Gasteiger partial charge is 0.258 e. The van der Waals surface area contributed by atoms with Gasteiger partial charge < -0.3 is 13.9 Å². The van der Waals surface area contributed by atoms with Gasteiger partial charge in [0.15, 0.2) is 11.6 Å². The summed E-state index contributed by atoms with van der Waals surface area (Å²) in [5.41, 5.74) is 0.848. The molecule has 2 aliphatic rings. The summed E-state index contributed by atoms with van der Waals surface area (Å²) in [6.45, 7) is 2.66. The Morgan fingerprint density at radius 1 is 1.26 bits per heavy atom. The maximum atomic E-state index is 13.2.